The summed E-state index contributed by atoms with van der Waals surface area (Å²) >= 11 is 0. The maximum Gasteiger partial charge on any atom is 0.149 e. The van der Waals surface area contributed by atoms with Gasteiger partial charge < -0.3 is 16.2 Å². The van der Waals surface area contributed by atoms with E-state index in [4.69, 9.17) is 11.5 Å². The number of hydrogen-bond donors (Lipinski definition) is 2. The lowest BCUT2D eigenvalue weighted by Crippen LogP contribution is -2.10. The van der Waals surface area contributed by atoms with Crippen molar-refractivity contribution in [3.63, 3.8) is 0 Å². The van der Waals surface area contributed by atoms with E-state index in [-0.39, 0.29) is 11.5 Å². The van der Waals surface area contributed by atoms with E-state index in [2.05, 4.69) is 23.0 Å². The van der Waals surface area contributed by atoms with Crippen molar-refractivity contribution in [2.75, 3.05) is 7.11 Å². The van der Waals surface area contributed by atoms with Crippen LogP contribution >= 0.6 is 0 Å². The highest BCUT2D eigenvalue weighted by molar-refractivity contribution is 5.33. The standard InChI is InChI=1S/C6H11N3O/c1-4(10-3)5(7)6(8)9-2/h1-2,7-8H2,3H3/b6-5+. The van der Waals surface area contributed by atoms with Gasteiger partial charge in [0.15, 0.2) is 0 Å². The summed E-state index contributed by atoms with van der Waals surface area (Å²) in [5, 5.41) is 0. The van der Waals surface area contributed by atoms with Gasteiger partial charge in [-0.05, 0) is 6.72 Å². The van der Waals surface area contributed by atoms with Crippen molar-refractivity contribution < 1.29 is 4.74 Å². The molecule has 0 rings (SSSR count). The van der Waals surface area contributed by atoms with Gasteiger partial charge in [-0.25, -0.2) is 4.99 Å². The Morgan fingerprint density at radius 1 is 1.50 bits per heavy atom. The molecule has 0 radical (unpaired) electrons. The molecule has 0 unspecified atom stereocenters. The minimum Gasteiger partial charge on any atom is -0.495 e. The Bertz CT molecular complexity index is 183. The highest BCUT2D eigenvalue weighted by Gasteiger charge is 2.00. The SMILES string of the molecule is C=N/C(N)=C(/N)C(=C)OC. The van der Waals surface area contributed by atoms with Gasteiger partial charge in [-0.15, -0.1) is 0 Å². The molecular weight excluding hydrogens is 130 g/mol. The van der Waals surface area contributed by atoms with E-state index in [9.17, 15) is 0 Å². The first-order valence-electron chi connectivity index (χ1n) is 2.58. The van der Waals surface area contributed by atoms with Crippen LogP contribution in [0.25, 0.3) is 0 Å². The molecule has 0 bridgehead atoms. The zero-order chi connectivity index (χ0) is 8.15. The lowest BCUT2D eigenvalue weighted by molar-refractivity contribution is 0.301. The normalized spacial score (nSPS) is 11.7. The van der Waals surface area contributed by atoms with E-state index in [1.165, 1.54) is 7.11 Å². The fourth-order valence-electron chi connectivity index (χ4n) is 0.338. The molecule has 0 aliphatic rings. The number of ether oxygens (including phenoxy) is 1. The second kappa shape index (κ2) is 3.55. The summed E-state index contributed by atoms with van der Waals surface area (Å²) < 4.78 is 4.69. The van der Waals surface area contributed by atoms with E-state index < -0.39 is 0 Å². The first-order valence-corrected chi connectivity index (χ1v) is 2.58. The summed E-state index contributed by atoms with van der Waals surface area (Å²) in [7, 11) is 1.45. The fourth-order valence-corrected chi connectivity index (χ4v) is 0.338. The van der Waals surface area contributed by atoms with Gasteiger partial charge in [0.05, 0.1) is 7.11 Å². The van der Waals surface area contributed by atoms with Crippen LogP contribution in [-0.2, 0) is 4.74 Å². The molecular formula is C6H11N3O. The molecule has 0 spiro atoms. The molecule has 0 saturated heterocycles. The van der Waals surface area contributed by atoms with Crippen molar-refractivity contribution in [3.8, 4) is 0 Å². The molecule has 0 aromatic carbocycles. The van der Waals surface area contributed by atoms with Crippen LogP contribution < -0.4 is 11.5 Å². The Morgan fingerprint density at radius 3 is 2.30 bits per heavy atom. The van der Waals surface area contributed by atoms with E-state index in [0.29, 0.717) is 5.76 Å². The number of nitrogens with two attached hydrogens (primary N) is 2. The van der Waals surface area contributed by atoms with Crippen molar-refractivity contribution in [2.24, 2.45) is 16.5 Å². The molecule has 0 atom stereocenters. The van der Waals surface area contributed by atoms with Crippen LogP contribution in [0.3, 0.4) is 0 Å². The van der Waals surface area contributed by atoms with Gasteiger partial charge >= 0.3 is 0 Å². The van der Waals surface area contributed by atoms with Crippen LogP contribution in [0.15, 0.2) is 28.8 Å². The molecule has 4 heteroatoms. The van der Waals surface area contributed by atoms with Gasteiger partial charge in [0.25, 0.3) is 0 Å². The number of nitrogens with zero attached hydrogens (tertiary/aromatic N) is 1. The first kappa shape index (κ1) is 8.55. The van der Waals surface area contributed by atoms with E-state index >= 15 is 0 Å². The summed E-state index contributed by atoms with van der Waals surface area (Å²) in [5.41, 5.74) is 10.9. The lowest BCUT2D eigenvalue weighted by Gasteiger charge is -2.04. The van der Waals surface area contributed by atoms with Gasteiger partial charge in [0.1, 0.15) is 17.3 Å². The first-order chi connectivity index (χ1) is 4.63. The summed E-state index contributed by atoms with van der Waals surface area (Å²) in [5.74, 6) is 0.428. The van der Waals surface area contributed by atoms with Crippen molar-refractivity contribution in [2.45, 2.75) is 0 Å². The number of aliphatic imine (C=N–C) groups is 1. The quantitative estimate of drug-likeness (QED) is 0.328. The topological polar surface area (TPSA) is 73.6 Å². The second-order valence-electron chi connectivity index (χ2n) is 1.58. The van der Waals surface area contributed by atoms with Gasteiger partial charge in [-0.2, -0.15) is 0 Å². The molecule has 0 aromatic rings. The monoisotopic (exact) mass is 141 g/mol. The van der Waals surface area contributed by atoms with Crippen molar-refractivity contribution in [1.29, 1.82) is 0 Å². The highest BCUT2D eigenvalue weighted by Crippen LogP contribution is 2.03. The third kappa shape index (κ3) is 1.81. The lowest BCUT2D eigenvalue weighted by atomic mass is 10.4. The summed E-state index contributed by atoms with van der Waals surface area (Å²) in [6.45, 7) is 6.66. The van der Waals surface area contributed by atoms with Crippen LogP contribution in [-0.4, -0.2) is 13.8 Å². The zero-order valence-corrected chi connectivity index (χ0v) is 5.92. The van der Waals surface area contributed by atoms with Crippen molar-refractivity contribution >= 4 is 6.72 Å². The molecule has 0 aliphatic carbocycles. The third-order valence-electron chi connectivity index (χ3n) is 0.993. The summed E-state index contributed by atoms with van der Waals surface area (Å²) in [6, 6.07) is 0. The molecule has 10 heavy (non-hydrogen) atoms. The van der Waals surface area contributed by atoms with E-state index in [0.717, 1.165) is 0 Å². The molecule has 0 aliphatic heterocycles. The number of rotatable bonds is 3. The Labute approximate surface area is 59.9 Å². The molecule has 4 N–H and O–H groups in total. The zero-order valence-electron chi connectivity index (χ0n) is 5.92. The summed E-state index contributed by atoms with van der Waals surface area (Å²) in [4.78, 5) is 3.40. The Hall–Kier alpha value is -1.45. The Kier molecular flexibility index (Phi) is 3.04. The molecule has 4 nitrogen and oxygen atoms in total. The predicted molar refractivity (Wildman–Crippen MR) is 41.1 cm³/mol. The van der Waals surface area contributed by atoms with Gasteiger partial charge in [0.2, 0.25) is 0 Å². The van der Waals surface area contributed by atoms with Gasteiger partial charge in [-0.1, -0.05) is 6.58 Å². The van der Waals surface area contributed by atoms with Gasteiger partial charge in [0, 0.05) is 0 Å². The van der Waals surface area contributed by atoms with Crippen LogP contribution in [0.1, 0.15) is 0 Å². The molecule has 0 amide bonds. The highest BCUT2D eigenvalue weighted by atomic mass is 16.5. The molecule has 0 saturated carbocycles. The largest absolute Gasteiger partial charge is 0.495 e. The maximum atomic E-state index is 5.38. The van der Waals surface area contributed by atoms with E-state index in [1.54, 1.807) is 0 Å². The number of hydrogen-bond acceptors (Lipinski definition) is 4. The van der Waals surface area contributed by atoms with Crippen LogP contribution in [0.5, 0.6) is 0 Å². The summed E-state index contributed by atoms with van der Waals surface area (Å²) in [6.07, 6.45) is 0. The predicted octanol–water partition coefficient (Wildman–Crippen LogP) is -0.0664. The average Bonchev–Trinajstić information content (AvgIpc) is 2.00. The third-order valence-corrected chi connectivity index (χ3v) is 0.993. The molecule has 0 aromatic heterocycles. The van der Waals surface area contributed by atoms with E-state index in [1.807, 2.05) is 0 Å². The molecule has 0 fully saturated rings. The average molecular weight is 141 g/mol. The maximum absolute atomic E-state index is 5.38. The van der Waals surface area contributed by atoms with Crippen molar-refractivity contribution in [1.82, 2.24) is 0 Å². The van der Waals surface area contributed by atoms with Gasteiger partial charge in [-0.3, -0.25) is 0 Å². The Balaban J connectivity index is 4.45. The second-order valence-corrected chi connectivity index (χ2v) is 1.58. The fraction of sp³-hybridized carbons (Fsp3) is 0.167. The van der Waals surface area contributed by atoms with Crippen LogP contribution in [0.4, 0.5) is 0 Å². The smallest absolute Gasteiger partial charge is 0.149 e. The van der Waals surface area contributed by atoms with Crippen LogP contribution in [0, 0.1) is 0 Å². The Morgan fingerprint density at radius 2 is 2.00 bits per heavy atom. The van der Waals surface area contributed by atoms with Crippen molar-refractivity contribution in [3.05, 3.63) is 23.9 Å². The minimum atomic E-state index is 0.131. The number of methoxy groups -OCH3 is 1. The molecule has 0 heterocycles. The minimum absolute atomic E-state index is 0.131. The molecule has 56 valence electrons. The van der Waals surface area contributed by atoms with Crippen LogP contribution in [0.2, 0.25) is 0 Å².